The summed E-state index contributed by atoms with van der Waals surface area (Å²) < 4.78 is 7.05. The van der Waals surface area contributed by atoms with Gasteiger partial charge in [-0.1, -0.05) is 0 Å². The van der Waals surface area contributed by atoms with Crippen molar-refractivity contribution in [2.24, 2.45) is 0 Å². The lowest BCUT2D eigenvalue weighted by molar-refractivity contribution is -0.694. The molecule has 0 aliphatic carbocycles. The van der Waals surface area contributed by atoms with E-state index in [1.54, 1.807) is 0 Å². The third-order valence-corrected chi connectivity index (χ3v) is 2.39. The van der Waals surface area contributed by atoms with Crippen LogP contribution in [-0.4, -0.2) is 12.6 Å². The number of rotatable bonds is 4. The fourth-order valence-corrected chi connectivity index (χ4v) is 1.42. The monoisotopic (exact) mass is 208 g/mol. The van der Waals surface area contributed by atoms with Gasteiger partial charge in [-0.15, -0.1) is 0 Å². The van der Waals surface area contributed by atoms with Gasteiger partial charge < -0.3 is 4.74 Å². The average Bonchev–Trinajstić information content (AvgIpc) is 2.20. The fourth-order valence-electron chi connectivity index (χ4n) is 1.42. The molecule has 0 saturated carbocycles. The maximum atomic E-state index is 10.6. The maximum Gasteiger partial charge on any atom is 0.302 e. The third kappa shape index (κ3) is 3.70. The molecule has 1 aromatic rings. The van der Waals surface area contributed by atoms with E-state index in [1.165, 1.54) is 18.1 Å². The summed E-state index contributed by atoms with van der Waals surface area (Å²) >= 11 is 0. The van der Waals surface area contributed by atoms with E-state index in [2.05, 4.69) is 36.9 Å². The lowest BCUT2D eigenvalue weighted by atomic mass is 10.1. The Labute approximate surface area is 90.7 Å². The number of hydrogen-bond donors (Lipinski definition) is 0. The Morgan fingerprint density at radius 3 is 2.87 bits per heavy atom. The highest BCUT2D eigenvalue weighted by molar-refractivity contribution is 5.65. The molecule has 1 rings (SSSR count). The molecule has 82 valence electrons. The average molecular weight is 208 g/mol. The number of carbonyl (C=O) groups is 1. The number of aryl methyl sites for hydroxylation is 2. The molecule has 0 aliphatic heterocycles. The van der Waals surface area contributed by atoms with Gasteiger partial charge in [0.15, 0.2) is 12.4 Å². The van der Waals surface area contributed by atoms with E-state index in [1.807, 2.05) is 0 Å². The minimum Gasteiger partial charge on any atom is -0.466 e. The lowest BCUT2D eigenvalue weighted by Gasteiger charge is -2.04. The van der Waals surface area contributed by atoms with E-state index >= 15 is 0 Å². The minimum atomic E-state index is -0.216. The second kappa shape index (κ2) is 5.49. The summed E-state index contributed by atoms with van der Waals surface area (Å²) in [4.78, 5) is 10.6. The van der Waals surface area contributed by atoms with Crippen molar-refractivity contribution in [1.82, 2.24) is 0 Å². The Bertz CT molecular complexity index is 347. The second-order valence-corrected chi connectivity index (χ2v) is 3.57. The highest BCUT2D eigenvalue weighted by Gasteiger charge is 2.05. The Kier molecular flexibility index (Phi) is 4.28. The molecule has 0 radical (unpaired) electrons. The summed E-state index contributed by atoms with van der Waals surface area (Å²) in [6.45, 7) is 7.03. The van der Waals surface area contributed by atoms with Crippen LogP contribution in [0.25, 0.3) is 0 Å². The largest absolute Gasteiger partial charge is 0.466 e. The molecule has 0 fully saturated rings. The molecular weight excluding hydrogens is 190 g/mol. The predicted octanol–water partition coefficient (Wildman–Crippen LogP) is 1.41. The molecule has 0 N–H and O–H groups in total. The highest BCUT2D eigenvalue weighted by atomic mass is 16.5. The van der Waals surface area contributed by atoms with Gasteiger partial charge in [0, 0.05) is 25.0 Å². The Hall–Kier alpha value is -1.38. The van der Waals surface area contributed by atoms with Gasteiger partial charge in [0.05, 0.1) is 6.61 Å². The number of aromatic nitrogens is 1. The van der Waals surface area contributed by atoms with Crippen LogP contribution in [0.15, 0.2) is 18.5 Å². The third-order valence-electron chi connectivity index (χ3n) is 2.39. The van der Waals surface area contributed by atoms with Crippen molar-refractivity contribution >= 4 is 5.97 Å². The smallest absolute Gasteiger partial charge is 0.302 e. The Morgan fingerprint density at radius 2 is 2.27 bits per heavy atom. The van der Waals surface area contributed by atoms with E-state index in [0.717, 1.165) is 13.0 Å². The van der Waals surface area contributed by atoms with Gasteiger partial charge in [-0.2, -0.15) is 0 Å². The zero-order valence-corrected chi connectivity index (χ0v) is 9.62. The zero-order chi connectivity index (χ0) is 11.3. The van der Waals surface area contributed by atoms with Gasteiger partial charge >= 0.3 is 5.97 Å². The van der Waals surface area contributed by atoms with Crippen molar-refractivity contribution in [3.05, 3.63) is 29.6 Å². The van der Waals surface area contributed by atoms with Crippen molar-refractivity contribution in [3.8, 4) is 0 Å². The number of pyridine rings is 1. The van der Waals surface area contributed by atoms with Gasteiger partial charge in [-0.3, -0.25) is 4.79 Å². The van der Waals surface area contributed by atoms with Crippen LogP contribution in [-0.2, 0) is 22.5 Å². The Balaban J connectivity index is 2.62. The number of hydrogen-bond acceptors (Lipinski definition) is 2. The minimum absolute atomic E-state index is 0.216. The van der Waals surface area contributed by atoms with Crippen LogP contribution >= 0.6 is 0 Å². The molecule has 1 heterocycles. The number of nitrogens with zero attached hydrogens (tertiary/aromatic N) is 1. The fraction of sp³-hybridized carbons (Fsp3) is 0.500. The first-order valence-corrected chi connectivity index (χ1v) is 5.25. The first kappa shape index (κ1) is 11.7. The van der Waals surface area contributed by atoms with Crippen molar-refractivity contribution in [3.63, 3.8) is 0 Å². The molecule has 15 heavy (non-hydrogen) atoms. The molecule has 0 amide bonds. The summed E-state index contributed by atoms with van der Waals surface area (Å²) in [5, 5.41) is 0. The number of ether oxygens (including phenoxy) is 1. The van der Waals surface area contributed by atoms with Crippen LogP contribution in [0.4, 0.5) is 0 Å². The second-order valence-electron chi connectivity index (χ2n) is 3.57. The first-order chi connectivity index (χ1) is 7.13. The van der Waals surface area contributed by atoms with Crippen LogP contribution < -0.4 is 4.57 Å². The van der Waals surface area contributed by atoms with Crippen LogP contribution in [0.1, 0.15) is 25.0 Å². The SMILES string of the molecule is CC[n+]1ccc(C)c(CCOC(C)=O)c1. The molecule has 0 atom stereocenters. The van der Waals surface area contributed by atoms with Crippen LogP contribution in [0.3, 0.4) is 0 Å². The van der Waals surface area contributed by atoms with E-state index < -0.39 is 0 Å². The van der Waals surface area contributed by atoms with Gasteiger partial charge in [0.1, 0.15) is 6.54 Å². The van der Waals surface area contributed by atoms with Crippen LogP contribution in [0.2, 0.25) is 0 Å². The van der Waals surface area contributed by atoms with Gasteiger partial charge in [0.2, 0.25) is 0 Å². The molecule has 0 aliphatic rings. The summed E-state index contributed by atoms with van der Waals surface area (Å²) in [6.07, 6.45) is 4.95. The van der Waals surface area contributed by atoms with Crippen LogP contribution in [0, 0.1) is 6.92 Å². The summed E-state index contributed by atoms with van der Waals surface area (Å²) in [5.74, 6) is -0.216. The Morgan fingerprint density at radius 1 is 1.53 bits per heavy atom. The van der Waals surface area contributed by atoms with Crippen LogP contribution in [0.5, 0.6) is 0 Å². The topological polar surface area (TPSA) is 30.2 Å². The first-order valence-electron chi connectivity index (χ1n) is 5.25. The van der Waals surface area contributed by atoms with Gasteiger partial charge in [-0.25, -0.2) is 4.57 Å². The molecule has 0 unspecified atom stereocenters. The number of carbonyl (C=O) groups excluding carboxylic acids is 1. The van der Waals surface area contributed by atoms with E-state index in [-0.39, 0.29) is 5.97 Å². The maximum absolute atomic E-state index is 10.6. The summed E-state index contributed by atoms with van der Waals surface area (Å²) in [5.41, 5.74) is 2.48. The van der Waals surface area contributed by atoms with Crippen molar-refractivity contribution < 1.29 is 14.1 Å². The van der Waals surface area contributed by atoms with Crippen molar-refractivity contribution in [2.75, 3.05) is 6.61 Å². The zero-order valence-electron chi connectivity index (χ0n) is 9.62. The molecule has 0 spiro atoms. The van der Waals surface area contributed by atoms with E-state index in [4.69, 9.17) is 4.74 Å². The van der Waals surface area contributed by atoms with Crippen molar-refractivity contribution in [1.29, 1.82) is 0 Å². The summed E-state index contributed by atoms with van der Waals surface area (Å²) in [7, 11) is 0. The van der Waals surface area contributed by atoms with Crippen molar-refractivity contribution in [2.45, 2.75) is 33.7 Å². The summed E-state index contributed by atoms with van der Waals surface area (Å²) in [6, 6.07) is 2.09. The molecule has 0 saturated heterocycles. The molecule has 3 heteroatoms. The molecule has 1 aromatic heterocycles. The molecule has 0 bridgehead atoms. The molecule has 0 aromatic carbocycles. The molecular formula is C12H18NO2+. The number of esters is 1. The van der Waals surface area contributed by atoms with E-state index in [9.17, 15) is 4.79 Å². The van der Waals surface area contributed by atoms with Gasteiger partial charge in [-0.05, 0) is 19.4 Å². The highest BCUT2D eigenvalue weighted by Crippen LogP contribution is 2.05. The quantitative estimate of drug-likeness (QED) is 0.553. The lowest BCUT2D eigenvalue weighted by Crippen LogP contribution is -2.32. The van der Waals surface area contributed by atoms with Gasteiger partial charge in [0.25, 0.3) is 0 Å². The molecule has 3 nitrogen and oxygen atoms in total. The predicted molar refractivity (Wildman–Crippen MR) is 57.4 cm³/mol. The normalized spacial score (nSPS) is 10.1. The standard InChI is InChI=1S/C12H18NO2/c1-4-13-7-5-10(2)12(9-13)6-8-15-11(3)14/h5,7,9H,4,6,8H2,1-3H3/q+1. The van der Waals surface area contributed by atoms with E-state index in [0.29, 0.717) is 6.61 Å².